The van der Waals surface area contributed by atoms with E-state index in [0.717, 1.165) is 4.80 Å². The fourth-order valence-corrected chi connectivity index (χ4v) is 1.86. The van der Waals surface area contributed by atoms with E-state index in [1.807, 2.05) is 0 Å². The van der Waals surface area contributed by atoms with Crippen molar-refractivity contribution >= 4 is 23.5 Å². The van der Waals surface area contributed by atoms with Gasteiger partial charge >= 0.3 is 5.97 Å². The Hall–Kier alpha value is -2.52. The quantitative estimate of drug-likeness (QED) is 0.739. The lowest BCUT2D eigenvalue weighted by Crippen LogP contribution is -2.45. The molecule has 9 nitrogen and oxygen atoms in total. The molecule has 0 bridgehead atoms. The molecule has 1 aromatic heterocycles. The number of benzene rings is 1. The van der Waals surface area contributed by atoms with E-state index in [2.05, 4.69) is 20.7 Å². The second-order valence-corrected chi connectivity index (χ2v) is 5.00. The number of tetrazole rings is 1. The van der Waals surface area contributed by atoms with Crippen LogP contribution in [0.1, 0.15) is 0 Å². The Balaban J connectivity index is 1.99. The number of hydrogen-bond donors (Lipinski definition) is 2. The third kappa shape index (κ3) is 4.73. The van der Waals surface area contributed by atoms with Gasteiger partial charge in [0.2, 0.25) is 11.7 Å². The summed E-state index contributed by atoms with van der Waals surface area (Å²) in [6.45, 7) is -0.393. The van der Waals surface area contributed by atoms with Crippen LogP contribution in [0.25, 0.3) is 11.4 Å². The summed E-state index contributed by atoms with van der Waals surface area (Å²) in [4.78, 5) is 23.8. The highest BCUT2D eigenvalue weighted by molar-refractivity contribution is 6.30. The van der Waals surface area contributed by atoms with Gasteiger partial charge in [-0.05, 0) is 29.5 Å². The number of carbonyl (C=O) groups excluding carboxylic acids is 1. The summed E-state index contributed by atoms with van der Waals surface area (Å²) >= 11 is 5.80. The average Bonchev–Trinajstić information content (AvgIpc) is 2.95. The molecule has 0 aliphatic carbocycles. The number of carbonyl (C=O) groups is 2. The van der Waals surface area contributed by atoms with Crippen molar-refractivity contribution in [1.29, 1.82) is 0 Å². The Labute approximate surface area is 136 Å². The van der Waals surface area contributed by atoms with Crippen LogP contribution in [-0.2, 0) is 20.9 Å². The van der Waals surface area contributed by atoms with Crippen molar-refractivity contribution in [2.45, 2.75) is 12.6 Å². The predicted molar refractivity (Wildman–Crippen MR) is 79.7 cm³/mol. The summed E-state index contributed by atoms with van der Waals surface area (Å²) < 4.78 is 4.73. The number of halogens is 1. The Kier molecular flexibility index (Phi) is 5.61. The minimum Gasteiger partial charge on any atom is -0.480 e. The molecule has 1 amide bonds. The molecular formula is C13H14ClN5O4. The van der Waals surface area contributed by atoms with Gasteiger partial charge in [-0.1, -0.05) is 11.6 Å². The van der Waals surface area contributed by atoms with Crippen molar-refractivity contribution in [1.82, 2.24) is 25.5 Å². The zero-order valence-corrected chi connectivity index (χ0v) is 12.9. The number of nitrogens with zero attached hydrogens (tertiary/aromatic N) is 4. The molecule has 1 heterocycles. The Morgan fingerprint density at radius 1 is 1.39 bits per heavy atom. The average molecular weight is 340 g/mol. The molecule has 0 radical (unpaired) electrons. The van der Waals surface area contributed by atoms with E-state index in [1.54, 1.807) is 24.3 Å². The molecule has 2 aromatic rings. The SMILES string of the molecule is COCC(NC(=O)Cn1nnc(-c2ccc(Cl)cc2)n1)C(=O)O. The summed E-state index contributed by atoms with van der Waals surface area (Å²) in [7, 11) is 1.35. The first-order chi connectivity index (χ1) is 11.0. The number of amides is 1. The van der Waals surface area contributed by atoms with Crippen molar-refractivity contribution < 1.29 is 19.4 Å². The lowest BCUT2D eigenvalue weighted by molar-refractivity contribution is -0.143. The van der Waals surface area contributed by atoms with E-state index in [0.29, 0.717) is 16.4 Å². The highest BCUT2D eigenvalue weighted by atomic mass is 35.5. The molecule has 0 aliphatic rings. The number of rotatable bonds is 7. The van der Waals surface area contributed by atoms with Crippen molar-refractivity contribution in [2.75, 3.05) is 13.7 Å². The van der Waals surface area contributed by atoms with Crippen LogP contribution < -0.4 is 5.32 Å². The highest BCUT2D eigenvalue weighted by Crippen LogP contribution is 2.16. The van der Waals surface area contributed by atoms with Crippen LogP contribution in [0.3, 0.4) is 0 Å². The zero-order chi connectivity index (χ0) is 16.8. The standard InChI is InChI=1S/C13H14ClN5O4/c1-23-7-10(13(21)22)15-11(20)6-19-17-12(16-18-19)8-2-4-9(14)5-3-8/h2-5,10H,6-7H2,1H3,(H,15,20)(H,21,22). The number of carboxylic acid groups (broad SMARTS) is 1. The van der Waals surface area contributed by atoms with Crippen LogP contribution >= 0.6 is 11.6 Å². The smallest absolute Gasteiger partial charge is 0.328 e. The van der Waals surface area contributed by atoms with Crippen LogP contribution in [0.15, 0.2) is 24.3 Å². The minimum absolute atomic E-state index is 0.137. The maximum absolute atomic E-state index is 11.8. The van der Waals surface area contributed by atoms with Gasteiger partial charge in [-0.2, -0.15) is 4.80 Å². The van der Waals surface area contributed by atoms with Gasteiger partial charge < -0.3 is 15.2 Å². The fourth-order valence-electron chi connectivity index (χ4n) is 1.73. The molecule has 0 aliphatic heterocycles. The predicted octanol–water partition coefficient (Wildman–Crippen LogP) is 0.209. The first kappa shape index (κ1) is 16.8. The molecule has 0 saturated carbocycles. The van der Waals surface area contributed by atoms with Gasteiger partial charge in [0, 0.05) is 17.7 Å². The van der Waals surface area contributed by atoms with Crippen molar-refractivity contribution in [2.24, 2.45) is 0 Å². The highest BCUT2D eigenvalue weighted by Gasteiger charge is 2.20. The molecular weight excluding hydrogens is 326 g/mol. The number of aliphatic carboxylic acids is 1. The van der Waals surface area contributed by atoms with Crippen LogP contribution in [0.2, 0.25) is 5.02 Å². The van der Waals surface area contributed by atoms with Gasteiger partial charge in [0.05, 0.1) is 6.61 Å². The van der Waals surface area contributed by atoms with Crippen LogP contribution in [0, 0.1) is 0 Å². The van der Waals surface area contributed by atoms with E-state index in [1.165, 1.54) is 7.11 Å². The summed E-state index contributed by atoms with van der Waals surface area (Å²) in [5, 5.41) is 23.5. The molecule has 0 fully saturated rings. The number of nitrogens with one attached hydrogen (secondary N) is 1. The maximum atomic E-state index is 11.8. The van der Waals surface area contributed by atoms with E-state index in [-0.39, 0.29) is 13.2 Å². The first-order valence-electron chi connectivity index (χ1n) is 6.54. The molecule has 1 aromatic carbocycles. The van der Waals surface area contributed by atoms with Crippen LogP contribution in [-0.4, -0.2) is 56.9 Å². The van der Waals surface area contributed by atoms with Crippen molar-refractivity contribution in [3.63, 3.8) is 0 Å². The topological polar surface area (TPSA) is 119 Å². The van der Waals surface area contributed by atoms with Gasteiger partial charge in [0.1, 0.15) is 6.54 Å². The fraction of sp³-hybridized carbons (Fsp3) is 0.308. The van der Waals surface area contributed by atoms with Gasteiger partial charge in [-0.3, -0.25) is 4.79 Å². The Morgan fingerprint density at radius 3 is 2.70 bits per heavy atom. The van der Waals surface area contributed by atoms with E-state index < -0.39 is 17.9 Å². The summed E-state index contributed by atoms with van der Waals surface area (Å²) in [5.41, 5.74) is 0.698. The Morgan fingerprint density at radius 2 is 2.09 bits per heavy atom. The summed E-state index contributed by atoms with van der Waals surface area (Å²) in [6, 6.07) is 5.69. The molecule has 122 valence electrons. The normalized spacial score (nSPS) is 11.9. The van der Waals surface area contributed by atoms with Gasteiger partial charge in [-0.15, -0.1) is 10.2 Å². The summed E-state index contributed by atoms with van der Waals surface area (Å²) in [5.74, 6) is -1.41. The van der Waals surface area contributed by atoms with Crippen molar-refractivity contribution in [3.05, 3.63) is 29.3 Å². The third-order valence-electron chi connectivity index (χ3n) is 2.81. The molecule has 0 saturated heterocycles. The zero-order valence-electron chi connectivity index (χ0n) is 12.1. The molecule has 2 N–H and O–H groups in total. The third-order valence-corrected chi connectivity index (χ3v) is 3.06. The van der Waals surface area contributed by atoms with E-state index >= 15 is 0 Å². The van der Waals surface area contributed by atoms with Crippen LogP contribution in [0.4, 0.5) is 0 Å². The number of methoxy groups -OCH3 is 1. The second kappa shape index (κ2) is 7.65. The first-order valence-corrected chi connectivity index (χ1v) is 6.92. The Bertz CT molecular complexity index is 688. The number of hydrogen-bond acceptors (Lipinski definition) is 6. The van der Waals surface area contributed by atoms with Crippen LogP contribution in [0.5, 0.6) is 0 Å². The molecule has 1 atom stereocenters. The van der Waals surface area contributed by atoms with E-state index in [4.69, 9.17) is 21.4 Å². The lowest BCUT2D eigenvalue weighted by Gasteiger charge is -2.12. The maximum Gasteiger partial charge on any atom is 0.328 e. The number of carboxylic acids is 1. The molecule has 23 heavy (non-hydrogen) atoms. The van der Waals surface area contributed by atoms with E-state index in [9.17, 15) is 9.59 Å². The van der Waals surface area contributed by atoms with Crippen molar-refractivity contribution in [3.8, 4) is 11.4 Å². The van der Waals surface area contributed by atoms with Gasteiger partial charge in [0.25, 0.3) is 0 Å². The molecule has 10 heteroatoms. The number of aromatic nitrogens is 4. The second-order valence-electron chi connectivity index (χ2n) is 4.56. The monoisotopic (exact) mass is 339 g/mol. The largest absolute Gasteiger partial charge is 0.480 e. The van der Waals surface area contributed by atoms with Gasteiger partial charge in [-0.25, -0.2) is 4.79 Å². The molecule has 0 spiro atoms. The molecule has 2 rings (SSSR count). The number of ether oxygens (including phenoxy) is 1. The van der Waals surface area contributed by atoms with Gasteiger partial charge in [0.15, 0.2) is 6.04 Å². The lowest BCUT2D eigenvalue weighted by atomic mass is 10.2. The minimum atomic E-state index is -1.19. The molecule has 1 unspecified atom stereocenters. The summed E-state index contributed by atoms with van der Waals surface area (Å²) in [6.07, 6.45) is 0.